The number of fused-ring (bicyclic) bond motifs is 1. The molecular formula is C24H20N2O2. The number of aryl methyl sites for hydroxylation is 1. The fraction of sp³-hybridized carbons (Fsp3) is 0.0833. The molecule has 1 N–H and O–H groups in total. The minimum atomic E-state index is -0.174. The Morgan fingerprint density at radius 1 is 0.929 bits per heavy atom. The fourth-order valence-electron chi connectivity index (χ4n) is 3.18. The molecule has 0 fully saturated rings. The van der Waals surface area contributed by atoms with Crippen LogP contribution in [0.5, 0.6) is 5.75 Å². The Hall–Kier alpha value is -3.66. The highest BCUT2D eigenvalue weighted by atomic mass is 16.5. The van der Waals surface area contributed by atoms with Crippen molar-refractivity contribution in [1.29, 1.82) is 0 Å². The van der Waals surface area contributed by atoms with Crippen molar-refractivity contribution in [2.75, 3.05) is 12.4 Å². The van der Waals surface area contributed by atoms with Crippen molar-refractivity contribution < 1.29 is 9.53 Å². The first-order valence-corrected chi connectivity index (χ1v) is 9.07. The minimum Gasteiger partial charge on any atom is -0.497 e. The number of aromatic nitrogens is 1. The van der Waals surface area contributed by atoms with E-state index < -0.39 is 0 Å². The van der Waals surface area contributed by atoms with Crippen molar-refractivity contribution in [2.24, 2.45) is 0 Å². The monoisotopic (exact) mass is 368 g/mol. The molecule has 1 amide bonds. The van der Waals surface area contributed by atoms with E-state index in [9.17, 15) is 4.79 Å². The molecule has 0 unspecified atom stereocenters. The molecule has 1 heterocycles. The quantitative estimate of drug-likeness (QED) is 0.519. The van der Waals surface area contributed by atoms with E-state index in [1.54, 1.807) is 7.11 Å². The zero-order valence-electron chi connectivity index (χ0n) is 15.8. The van der Waals surface area contributed by atoms with E-state index in [0.717, 1.165) is 33.4 Å². The molecule has 28 heavy (non-hydrogen) atoms. The minimum absolute atomic E-state index is 0.174. The summed E-state index contributed by atoms with van der Waals surface area (Å²) in [7, 11) is 1.61. The number of rotatable bonds is 4. The highest BCUT2D eigenvalue weighted by Crippen LogP contribution is 2.28. The van der Waals surface area contributed by atoms with Gasteiger partial charge >= 0.3 is 0 Å². The molecule has 0 saturated heterocycles. The van der Waals surface area contributed by atoms with Gasteiger partial charge in [-0.2, -0.15) is 0 Å². The molecular weight excluding hydrogens is 348 g/mol. The molecule has 0 aliphatic heterocycles. The van der Waals surface area contributed by atoms with Gasteiger partial charge in [-0.1, -0.05) is 48.5 Å². The summed E-state index contributed by atoms with van der Waals surface area (Å²) in [6.07, 6.45) is 0. The van der Waals surface area contributed by atoms with Gasteiger partial charge in [0.2, 0.25) is 0 Å². The van der Waals surface area contributed by atoms with Crippen molar-refractivity contribution >= 4 is 22.5 Å². The second-order valence-corrected chi connectivity index (χ2v) is 6.57. The summed E-state index contributed by atoms with van der Waals surface area (Å²) < 4.78 is 5.35. The third-order valence-corrected chi connectivity index (χ3v) is 4.72. The lowest BCUT2D eigenvalue weighted by Gasteiger charge is -2.13. The van der Waals surface area contributed by atoms with Crippen LogP contribution in [0.25, 0.3) is 22.2 Å². The molecule has 0 radical (unpaired) electrons. The first-order valence-electron chi connectivity index (χ1n) is 9.07. The number of pyridine rings is 1. The van der Waals surface area contributed by atoms with Gasteiger partial charge < -0.3 is 10.1 Å². The van der Waals surface area contributed by atoms with Gasteiger partial charge in [0.1, 0.15) is 5.75 Å². The molecule has 0 aliphatic rings. The van der Waals surface area contributed by atoms with Crippen LogP contribution in [0.1, 0.15) is 15.9 Å². The van der Waals surface area contributed by atoms with Crippen molar-refractivity contribution in [3.8, 4) is 17.0 Å². The zero-order chi connectivity index (χ0) is 19.5. The zero-order valence-corrected chi connectivity index (χ0v) is 15.8. The molecule has 0 aliphatic carbocycles. The van der Waals surface area contributed by atoms with Crippen molar-refractivity contribution in [1.82, 2.24) is 4.98 Å². The van der Waals surface area contributed by atoms with Gasteiger partial charge in [-0.25, -0.2) is 4.98 Å². The number of hydrogen-bond donors (Lipinski definition) is 1. The predicted molar refractivity (Wildman–Crippen MR) is 113 cm³/mol. The first kappa shape index (κ1) is 17.7. The van der Waals surface area contributed by atoms with Gasteiger partial charge in [-0.3, -0.25) is 4.79 Å². The molecule has 1 aromatic heterocycles. The molecule has 138 valence electrons. The molecule has 0 atom stereocenters. The number of carbonyl (C=O) groups is 1. The summed E-state index contributed by atoms with van der Waals surface area (Å²) in [5.74, 6) is 0.513. The normalized spacial score (nSPS) is 10.6. The van der Waals surface area contributed by atoms with Crippen molar-refractivity contribution in [3.05, 3.63) is 90.0 Å². The lowest BCUT2D eigenvalue weighted by molar-refractivity contribution is 0.102. The molecule has 0 saturated carbocycles. The van der Waals surface area contributed by atoms with E-state index in [2.05, 4.69) is 5.32 Å². The van der Waals surface area contributed by atoms with Crippen LogP contribution >= 0.6 is 0 Å². The number of nitrogens with one attached hydrogen (secondary N) is 1. The molecule has 0 spiro atoms. The van der Waals surface area contributed by atoms with Crippen LogP contribution in [0.2, 0.25) is 0 Å². The van der Waals surface area contributed by atoms with Crippen LogP contribution < -0.4 is 10.1 Å². The molecule has 4 nitrogen and oxygen atoms in total. The summed E-state index contributed by atoms with van der Waals surface area (Å²) in [5, 5.41) is 3.78. The van der Waals surface area contributed by atoms with E-state index >= 15 is 0 Å². The Morgan fingerprint density at radius 2 is 1.68 bits per heavy atom. The maximum Gasteiger partial charge on any atom is 0.256 e. The maximum atomic E-state index is 13.2. The second kappa shape index (κ2) is 7.53. The Bertz CT molecular complexity index is 1150. The van der Waals surface area contributed by atoms with Gasteiger partial charge in [-0.15, -0.1) is 0 Å². The highest BCUT2D eigenvalue weighted by molar-refractivity contribution is 6.13. The number of benzene rings is 3. The van der Waals surface area contributed by atoms with E-state index in [1.165, 1.54) is 0 Å². The molecule has 4 heteroatoms. The number of ether oxygens (including phenoxy) is 1. The predicted octanol–water partition coefficient (Wildman–Crippen LogP) is 5.47. The van der Waals surface area contributed by atoms with E-state index in [4.69, 9.17) is 9.72 Å². The van der Waals surface area contributed by atoms with Gasteiger partial charge in [0.15, 0.2) is 0 Å². The lowest BCUT2D eigenvalue weighted by atomic mass is 10.0. The number of nitrogens with zero attached hydrogens (tertiary/aromatic N) is 1. The van der Waals surface area contributed by atoms with Crippen LogP contribution in [-0.2, 0) is 0 Å². The van der Waals surface area contributed by atoms with Crippen molar-refractivity contribution in [3.63, 3.8) is 0 Å². The Labute approximate surface area is 163 Å². The number of anilines is 1. The van der Waals surface area contributed by atoms with Gasteiger partial charge in [0, 0.05) is 16.6 Å². The Kier molecular flexibility index (Phi) is 4.77. The van der Waals surface area contributed by atoms with Gasteiger partial charge in [-0.05, 0) is 42.8 Å². The number of carbonyl (C=O) groups excluding carboxylic acids is 1. The van der Waals surface area contributed by atoms with E-state index in [0.29, 0.717) is 11.3 Å². The summed E-state index contributed by atoms with van der Waals surface area (Å²) in [4.78, 5) is 17.9. The van der Waals surface area contributed by atoms with E-state index in [-0.39, 0.29) is 5.91 Å². The molecule has 4 aromatic rings. The largest absolute Gasteiger partial charge is 0.497 e. The summed E-state index contributed by atoms with van der Waals surface area (Å²) in [6, 6.07) is 25.0. The van der Waals surface area contributed by atoms with Crippen LogP contribution in [-0.4, -0.2) is 18.0 Å². The van der Waals surface area contributed by atoms with E-state index in [1.807, 2.05) is 85.8 Å². The smallest absolute Gasteiger partial charge is 0.256 e. The molecule has 0 bridgehead atoms. The average Bonchev–Trinajstić information content (AvgIpc) is 2.74. The maximum absolute atomic E-state index is 13.2. The summed E-state index contributed by atoms with van der Waals surface area (Å²) in [6.45, 7) is 1.97. The average molecular weight is 368 g/mol. The standard InChI is InChI=1S/C24H20N2O2/c1-16-8-6-7-11-21(16)26-24(27)20-15-23(17-9-4-3-5-10-17)25-22-13-12-18(28-2)14-19(20)22/h3-15H,1-2H3,(H,26,27). The summed E-state index contributed by atoms with van der Waals surface area (Å²) in [5.41, 5.74) is 4.83. The molecule has 4 rings (SSSR count). The molecule has 3 aromatic carbocycles. The third kappa shape index (κ3) is 3.45. The van der Waals surface area contributed by atoms with Gasteiger partial charge in [0.25, 0.3) is 5.91 Å². The number of methoxy groups -OCH3 is 1. The number of para-hydroxylation sites is 1. The van der Waals surface area contributed by atoms with Crippen LogP contribution in [0.3, 0.4) is 0 Å². The third-order valence-electron chi connectivity index (χ3n) is 4.72. The number of hydrogen-bond acceptors (Lipinski definition) is 3. The Morgan fingerprint density at radius 3 is 2.43 bits per heavy atom. The second-order valence-electron chi connectivity index (χ2n) is 6.57. The van der Waals surface area contributed by atoms with Gasteiger partial charge in [0.05, 0.1) is 23.9 Å². The van der Waals surface area contributed by atoms with Crippen LogP contribution in [0, 0.1) is 6.92 Å². The highest BCUT2D eigenvalue weighted by Gasteiger charge is 2.15. The SMILES string of the molecule is COc1ccc2nc(-c3ccccc3)cc(C(=O)Nc3ccccc3C)c2c1. The number of amides is 1. The topological polar surface area (TPSA) is 51.2 Å². The Balaban J connectivity index is 1.86. The van der Waals surface area contributed by atoms with Crippen LogP contribution in [0.15, 0.2) is 78.9 Å². The lowest BCUT2D eigenvalue weighted by Crippen LogP contribution is -2.14. The first-order chi connectivity index (χ1) is 13.7. The van der Waals surface area contributed by atoms with Crippen molar-refractivity contribution in [2.45, 2.75) is 6.92 Å². The van der Waals surface area contributed by atoms with Crippen LogP contribution in [0.4, 0.5) is 5.69 Å². The fourth-order valence-corrected chi connectivity index (χ4v) is 3.18. The summed E-state index contributed by atoms with van der Waals surface area (Å²) >= 11 is 0.